The average molecular weight is 572 g/mol. The number of carbonyl (C=O) groups excluding carboxylic acids is 1. The zero-order valence-corrected chi connectivity index (χ0v) is 22.0. The summed E-state index contributed by atoms with van der Waals surface area (Å²) >= 11 is 0. The normalized spacial score (nSPS) is 13.5. The number of hydrogen-bond acceptors (Lipinski definition) is 8. The number of para-hydroxylation sites is 1. The summed E-state index contributed by atoms with van der Waals surface area (Å²) in [5.41, 5.74) is 2.30. The molecule has 0 amide bonds. The van der Waals surface area contributed by atoms with Crippen molar-refractivity contribution in [2.75, 3.05) is 23.6 Å². The molecule has 1 aliphatic rings. The van der Waals surface area contributed by atoms with Crippen molar-refractivity contribution >= 4 is 23.6 Å². The summed E-state index contributed by atoms with van der Waals surface area (Å²) in [5, 5.41) is 5.28. The lowest BCUT2D eigenvalue weighted by Crippen LogP contribution is -2.29. The third-order valence-electron chi connectivity index (χ3n) is 6.18. The highest BCUT2D eigenvalue weighted by atomic mass is 19.4. The van der Waals surface area contributed by atoms with E-state index in [2.05, 4.69) is 15.6 Å². The Morgan fingerprint density at radius 3 is 2.68 bits per heavy atom. The summed E-state index contributed by atoms with van der Waals surface area (Å²) in [7, 11) is 0. The second-order valence-electron chi connectivity index (χ2n) is 8.96. The fourth-order valence-electron chi connectivity index (χ4n) is 4.34. The van der Waals surface area contributed by atoms with Gasteiger partial charge in [-0.2, -0.15) is 13.2 Å². The van der Waals surface area contributed by atoms with Crippen molar-refractivity contribution in [3.63, 3.8) is 0 Å². The molecule has 9 nitrogen and oxygen atoms in total. The van der Waals surface area contributed by atoms with Gasteiger partial charge in [-0.15, -0.1) is 0 Å². The molecule has 13 heteroatoms. The van der Waals surface area contributed by atoms with Crippen LogP contribution in [0.5, 0.6) is 5.75 Å². The Hall–Kier alpha value is -4.81. The van der Waals surface area contributed by atoms with Gasteiger partial charge in [0.05, 0.1) is 36.5 Å². The molecule has 0 saturated carbocycles. The smallest absolute Gasteiger partial charge is 0.417 e. The van der Waals surface area contributed by atoms with E-state index < -0.39 is 29.6 Å². The molecule has 2 aromatic heterocycles. The monoisotopic (exact) mass is 571 g/mol. The Labute approximate surface area is 231 Å². The van der Waals surface area contributed by atoms with Gasteiger partial charge in [-0.05, 0) is 49.8 Å². The molecule has 5 rings (SSSR count). The maximum absolute atomic E-state index is 14.3. The topological polar surface area (TPSA) is 94.7 Å². The van der Waals surface area contributed by atoms with Crippen molar-refractivity contribution in [3.05, 3.63) is 83.9 Å². The number of halogens is 4. The molecule has 2 aromatic carbocycles. The van der Waals surface area contributed by atoms with E-state index in [9.17, 15) is 22.4 Å². The van der Waals surface area contributed by atoms with E-state index in [-0.39, 0.29) is 41.7 Å². The molecule has 214 valence electrons. The number of anilines is 2. The van der Waals surface area contributed by atoms with E-state index >= 15 is 0 Å². The number of hydrogen-bond donors (Lipinski definition) is 1. The predicted molar refractivity (Wildman–Crippen MR) is 141 cm³/mol. The van der Waals surface area contributed by atoms with Gasteiger partial charge in [0.1, 0.15) is 17.3 Å². The van der Waals surface area contributed by atoms with Crippen LogP contribution < -0.4 is 15.2 Å². The Morgan fingerprint density at radius 1 is 1.15 bits per heavy atom. The minimum absolute atomic E-state index is 0.0415. The molecule has 0 saturated heterocycles. The minimum atomic E-state index is -4.70. The number of nitrogens with one attached hydrogen (secondary N) is 1. The number of alkyl halides is 3. The van der Waals surface area contributed by atoms with E-state index in [0.717, 1.165) is 6.07 Å². The van der Waals surface area contributed by atoms with Gasteiger partial charge in [-0.25, -0.2) is 14.2 Å². The van der Waals surface area contributed by atoms with Crippen molar-refractivity contribution in [2.45, 2.75) is 32.5 Å². The number of ether oxygens (including phenoxy) is 2. The second kappa shape index (κ2) is 11.4. The second-order valence-corrected chi connectivity index (χ2v) is 8.96. The van der Waals surface area contributed by atoms with Crippen molar-refractivity contribution in [2.24, 2.45) is 0 Å². The first-order chi connectivity index (χ1) is 19.7. The van der Waals surface area contributed by atoms with Crippen molar-refractivity contribution < 1.29 is 36.4 Å². The first kappa shape index (κ1) is 27.7. The van der Waals surface area contributed by atoms with Crippen LogP contribution in [-0.4, -0.2) is 33.9 Å². The summed E-state index contributed by atoms with van der Waals surface area (Å²) in [6.45, 7) is 3.77. The van der Waals surface area contributed by atoms with Crippen LogP contribution in [-0.2, 0) is 15.7 Å². The van der Waals surface area contributed by atoms with E-state index in [4.69, 9.17) is 14.0 Å². The number of aromatic nitrogens is 3. The number of fused-ring (bicyclic) bond motifs is 1. The summed E-state index contributed by atoms with van der Waals surface area (Å²) in [6.07, 6.45) is 0.424. The van der Waals surface area contributed by atoms with Gasteiger partial charge in [0, 0.05) is 17.8 Å². The fraction of sp³-hybridized carbons (Fsp3) is 0.250. The zero-order valence-electron chi connectivity index (χ0n) is 22.0. The van der Waals surface area contributed by atoms with Crippen molar-refractivity contribution in [1.29, 1.82) is 0 Å². The molecular formula is C28H25F4N5O4. The molecule has 0 bridgehead atoms. The molecule has 4 aromatic rings. The number of imidazole rings is 1. The molecule has 0 aliphatic carbocycles. The van der Waals surface area contributed by atoms with Crippen LogP contribution in [0.25, 0.3) is 17.3 Å². The lowest BCUT2D eigenvalue weighted by molar-refractivity contribution is -0.146. The summed E-state index contributed by atoms with van der Waals surface area (Å²) in [4.78, 5) is 17.4. The van der Waals surface area contributed by atoms with E-state index in [1.807, 2.05) is 6.92 Å². The Balaban J connectivity index is 1.51. The maximum Gasteiger partial charge on any atom is 0.417 e. The van der Waals surface area contributed by atoms with Gasteiger partial charge >= 0.3 is 12.1 Å². The average Bonchev–Trinajstić information content (AvgIpc) is 3.60. The van der Waals surface area contributed by atoms with Gasteiger partial charge in [-0.3, -0.25) is 10.4 Å². The fourth-order valence-corrected chi connectivity index (χ4v) is 4.34. The molecular weight excluding hydrogens is 546 g/mol. The van der Waals surface area contributed by atoms with Crippen molar-refractivity contribution in [1.82, 2.24) is 14.7 Å². The lowest BCUT2D eigenvalue weighted by Gasteiger charge is -2.26. The number of nitrogens with zero attached hydrogens (tertiary/aromatic N) is 4. The Kier molecular flexibility index (Phi) is 7.68. The molecule has 1 N–H and O–H groups in total. The number of rotatable bonds is 9. The number of benzene rings is 2. The van der Waals surface area contributed by atoms with Gasteiger partial charge in [-0.1, -0.05) is 24.2 Å². The highest BCUT2D eigenvalue weighted by Crippen LogP contribution is 2.40. The van der Waals surface area contributed by atoms with E-state index in [0.29, 0.717) is 17.9 Å². The molecule has 0 radical (unpaired) electrons. The van der Waals surface area contributed by atoms with Crippen LogP contribution in [0, 0.1) is 5.82 Å². The largest absolute Gasteiger partial charge is 0.494 e. The maximum atomic E-state index is 14.3. The molecule has 3 heterocycles. The minimum Gasteiger partial charge on any atom is -0.494 e. The number of carbonyl (C=O) groups is 1. The van der Waals surface area contributed by atoms with Crippen LogP contribution in [0.2, 0.25) is 0 Å². The summed E-state index contributed by atoms with van der Waals surface area (Å²) in [6, 6.07) is 9.70. The van der Waals surface area contributed by atoms with Gasteiger partial charge in [0.25, 0.3) is 0 Å². The third-order valence-corrected chi connectivity index (χ3v) is 6.18. The van der Waals surface area contributed by atoms with Crippen LogP contribution >= 0.6 is 0 Å². The van der Waals surface area contributed by atoms with Crippen molar-refractivity contribution in [3.8, 4) is 17.0 Å². The van der Waals surface area contributed by atoms with Gasteiger partial charge in [0.15, 0.2) is 17.6 Å². The number of esters is 1. The molecule has 41 heavy (non-hydrogen) atoms. The quantitative estimate of drug-likeness (QED) is 0.181. The van der Waals surface area contributed by atoms with Gasteiger partial charge in [0.2, 0.25) is 0 Å². The Bertz CT molecular complexity index is 1580. The summed E-state index contributed by atoms with van der Waals surface area (Å²) in [5.74, 6) is -0.895. The molecule has 1 aliphatic heterocycles. The first-order valence-corrected chi connectivity index (χ1v) is 12.7. The molecule has 1 atom stereocenters. The van der Waals surface area contributed by atoms with E-state index in [1.165, 1.54) is 40.2 Å². The highest BCUT2D eigenvalue weighted by Gasteiger charge is 2.37. The third kappa shape index (κ3) is 5.60. The zero-order chi connectivity index (χ0) is 29.1. The highest BCUT2D eigenvalue weighted by molar-refractivity contribution is 5.80. The van der Waals surface area contributed by atoms with Crippen LogP contribution in [0.1, 0.15) is 43.3 Å². The van der Waals surface area contributed by atoms with E-state index in [1.54, 1.807) is 37.4 Å². The SMILES string of the molecule is CCCOc1ccc(-c2cc(C(C(=O)OCC)n3cnc4c3C=CN(c3ccccc3F)N4)on2)c(C(F)(F)F)c1. The van der Waals surface area contributed by atoms with Crippen LogP contribution in [0.15, 0.2) is 65.6 Å². The van der Waals surface area contributed by atoms with Crippen LogP contribution in [0.4, 0.5) is 29.1 Å². The standard InChI is InChI=1S/C28H25F4N5O4/c1-3-13-40-17-9-10-18(19(14-17)28(30,31)32)21-15-24(41-35-21)25(27(38)39-4-2)36-16-33-26-23(36)11-12-37(34-26)22-8-6-5-7-20(22)29/h5-12,14-16,25,34H,3-4,13H2,1-2H3. The summed E-state index contributed by atoms with van der Waals surface area (Å²) < 4.78 is 73.7. The van der Waals surface area contributed by atoms with Crippen LogP contribution in [0.3, 0.4) is 0 Å². The first-order valence-electron chi connectivity index (χ1n) is 12.7. The molecule has 0 spiro atoms. The Morgan fingerprint density at radius 2 is 1.95 bits per heavy atom. The molecule has 1 unspecified atom stereocenters. The lowest BCUT2D eigenvalue weighted by atomic mass is 10.0. The number of hydrazine groups is 1. The van der Waals surface area contributed by atoms with Gasteiger partial charge < -0.3 is 18.6 Å². The predicted octanol–water partition coefficient (Wildman–Crippen LogP) is 6.46. The molecule has 0 fully saturated rings.